The Morgan fingerprint density at radius 1 is 0.885 bits per heavy atom. The van der Waals surface area contributed by atoms with Crippen molar-refractivity contribution in [1.82, 2.24) is 5.32 Å². The monoisotopic (exact) mass is 477 g/mol. The van der Waals surface area contributed by atoms with E-state index in [1.807, 2.05) is 0 Å². The van der Waals surface area contributed by atoms with Gasteiger partial charge in [-0.05, 0) is 27.7 Å². The fourth-order valence-corrected chi connectivity index (χ4v) is 6.73. The molecule has 0 spiro atoms. The number of hydrogen-bond acceptors (Lipinski definition) is 8. The van der Waals surface area contributed by atoms with Gasteiger partial charge in [0.2, 0.25) is 9.32 Å². The molecule has 0 radical (unpaired) electrons. The van der Waals surface area contributed by atoms with Crippen molar-refractivity contribution >= 4 is 56.1 Å². The van der Waals surface area contributed by atoms with Crippen molar-refractivity contribution in [2.45, 2.75) is 37.0 Å². The van der Waals surface area contributed by atoms with Gasteiger partial charge in [0.15, 0.2) is 0 Å². The Balaban J connectivity index is 5.74. The molecule has 0 atom stereocenters. The lowest BCUT2D eigenvalue weighted by Gasteiger charge is -2.31. The Kier molecular flexibility index (Phi) is 12.3. The van der Waals surface area contributed by atoms with Crippen LogP contribution in [0.15, 0.2) is 0 Å². The van der Waals surface area contributed by atoms with E-state index < -0.39 is 37.2 Å². The van der Waals surface area contributed by atoms with Crippen molar-refractivity contribution in [1.29, 1.82) is 0 Å². The molecule has 26 heavy (non-hydrogen) atoms. The van der Waals surface area contributed by atoms with Crippen LogP contribution in [0.25, 0.3) is 0 Å². The molecule has 0 rings (SSSR count). The number of nitrogens with one attached hydrogen (secondary N) is 1. The molecule has 1 N–H and O–H groups in total. The van der Waals surface area contributed by atoms with Gasteiger partial charge >= 0.3 is 21.3 Å². The van der Waals surface area contributed by atoms with Crippen LogP contribution in [0.5, 0.6) is 0 Å². The molecule has 0 aliphatic rings. The van der Waals surface area contributed by atoms with Crippen LogP contribution in [0.2, 0.25) is 0 Å². The molecule has 0 bridgehead atoms. The summed E-state index contributed by atoms with van der Waals surface area (Å²) < 4.78 is 49.8. The molecule has 156 valence electrons. The normalized spacial score (nSPS) is 13.1. The van der Waals surface area contributed by atoms with Crippen LogP contribution < -0.4 is 5.32 Å². The van der Waals surface area contributed by atoms with E-state index in [1.165, 1.54) is 0 Å². The first kappa shape index (κ1) is 26.4. The van der Waals surface area contributed by atoms with Crippen LogP contribution in [0, 0.1) is 0 Å². The predicted octanol–water partition coefficient (Wildman–Crippen LogP) is 4.90. The molecule has 0 aromatic rings. The van der Waals surface area contributed by atoms with E-state index in [0.29, 0.717) is 0 Å². The number of rotatable bonds is 12. The number of halogens is 3. The third kappa shape index (κ3) is 9.09. The zero-order valence-electron chi connectivity index (χ0n) is 14.9. The van der Waals surface area contributed by atoms with E-state index in [9.17, 15) is 13.9 Å². The fourth-order valence-electron chi connectivity index (χ4n) is 1.70. The van der Waals surface area contributed by atoms with Gasteiger partial charge in [-0.25, -0.2) is 4.79 Å². The number of ether oxygens (including phenoxy) is 1. The van der Waals surface area contributed by atoms with Gasteiger partial charge in [-0.2, -0.15) is 0 Å². The second-order valence-corrected chi connectivity index (χ2v) is 11.6. The van der Waals surface area contributed by atoms with Gasteiger partial charge in [0.1, 0.15) is 6.61 Å². The highest BCUT2D eigenvalue weighted by Crippen LogP contribution is 2.69. The summed E-state index contributed by atoms with van der Waals surface area (Å²) in [6.45, 7) is 5.43. The van der Waals surface area contributed by atoms with Crippen LogP contribution in [0.3, 0.4) is 0 Å². The second kappa shape index (κ2) is 12.1. The first-order chi connectivity index (χ1) is 12.0. The van der Waals surface area contributed by atoms with Crippen molar-refractivity contribution in [3.8, 4) is 0 Å². The Morgan fingerprint density at radius 2 is 1.23 bits per heavy atom. The highest BCUT2D eigenvalue weighted by molar-refractivity contribution is 7.72. The highest BCUT2D eigenvalue weighted by atomic mass is 35.6. The van der Waals surface area contributed by atoms with Gasteiger partial charge in [0, 0.05) is 0 Å². The molecule has 14 heteroatoms. The molecule has 9 nitrogen and oxygen atoms in total. The summed E-state index contributed by atoms with van der Waals surface area (Å²) in [6, 6.07) is 0. The van der Waals surface area contributed by atoms with Gasteiger partial charge in [0.05, 0.1) is 26.4 Å². The predicted molar refractivity (Wildman–Crippen MR) is 100 cm³/mol. The molecule has 0 heterocycles. The number of hydrogen-bond donors (Lipinski definition) is 1. The van der Waals surface area contributed by atoms with E-state index in [0.717, 1.165) is 0 Å². The number of carbonyl (C=O) groups excluding carboxylic acids is 1. The number of amides is 1. The largest absolute Gasteiger partial charge is 0.445 e. The van der Waals surface area contributed by atoms with Gasteiger partial charge in [-0.3, -0.25) is 14.4 Å². The third-order valence-corrected chi connectivity index (χ3v) is 8.40. The lowest BCUT2D eigenvalue weighted by molar-refractivity contribution is 0.141. The van der Waals surface area contributed by atoms with Crippen molar-refractivity contribution in [2.75, 3.05) is 33.0 Å². The van der Waals surface area contributed by atoms with Gasteiger partial charge in [-0.1, -0.05) is 34.8 Å². The zero-order valence-corrected chi connectivity index (χ0v) is 19.0. The van der Waals surface area contributed by atoms with Gasteiger partial charge in [0.25, 0.3) is 0 Å². The van der Waals surface area contributed by atoms with Crippen LogP contribution in [-0.4, -0.2) is 48.4 Å². The first-order valence-corrected chi connectivity index (χ1v) is 12.1. The smallest absolute Gasteiger partial charge is 0.408 e. The molecule has 0 saturated carbocycles. The van der Waals surface area contributed by atoms with Crippen molar-refractivity contribution in [2.24, 2.45) is 0 Å². The maximum absolute atomic E-state index is 13.1. The minimum atomic E-state index is -4.15. The van der Waals surface area contributed by atoms with Gasteiger partial charge in [-0.15, -0.1) is 0 Å². The number of alkyl carbamates (subject to hydrolysis) is 1. The SMILES string of the molecule is CCOP(=O)(OCC)C(NC(=O)OCC(Cl)(Cl)Cl)P(=O)(OCC)OCC. The molecule has 0 aliphatic heterocycles. The topological polar surface area (TPSA) is 109 Å². The summed E-state index contributed by atoms with van der Waals surface area (Å²) in [4.78, 5) is 12.0. The Labute approximate surface area is 168 Å². The Hall–Kier alpha value is 0.440. The van der Waals surface area contributed by atoms with E-state index in [1.54, 1.807) is 27.7 Å². The summed E-state index contributed by atoms with van der Waals surface area (Å²) in [7, 11) is -8.31. The van der Waals surface area contributed by atoms with Crippen molar-refractivity contribution in [3.63, 3.8) is 0 Å². The second-order valence-electron chi connectivity index (χ2n) is 4.46. The first-order valence-electron chi connectivity index (χ1n) is 7.75. The molecule has 0 saturated heterocycles. The van der Waals surface area contributed by atoms with Crippen LogP contribution >= 0.6 is 50.0 Å². The average Bonchev–Trinajstić information content (AvgIpc) is 2.50. The number of carbonyl (C=O) groups is 1. The van der Waals surface area contributed by atoms with Crippen molar-refractivity contribution < 1.29 is 36.8 Å². The van der Waals surface area contributed by atoms with Crippen molar-refractivity contribution in [3.05, 3.63) is 0 Å². The minimum Gasteiger partial charge on any atom is -0.445 e. The minimum absolute atomic E-state index is 0.0447. The summed E-state index contributed by atoms with van der Waals surface area (Å²) in [5.41, 5.74) is -1.77. The molecular weight excluding hydrogens is 454 g/mol. The molecule has 0 aromatic heterocycles. The standard InChI is InChI=1S/C12H24Cl3NO8P2/c1-5-21-25(18,22-6-2)11(26(19,23-7-3)24-8-4)16-10(17)20-9-12(13,14)15/h11H,5-9H2,1-4H3,(H,16,17). The van der Waals surface area contributed by atoms with Crippen LogP contribution in [-0.2, 0) is 32.0 Å². The molecule has 0 unspecified atom stereocenters. The lowest BCUT2D eigenvalue weighted by Crippen LogP contribution is -2.38. The fraction of sp³-hybridized carbons (Fsp3) is 0.917. The molecule has 0 aromatic carbocycles. The van der Waals surface area contributed by atoms with E-state index in [2.05, 4.69) is 5.32 Å². The van der Waals surface area contributed by atoms with Gasteiger partial charge < -0.3 is 22.8 Å². The van der Waals surface area contributed by atoms with E-state index in [4.69, 9.17) is 57.6 Å². The molecule has 0 aliphatic carbocycles. The third-order valence-electron chi connectivity index (χ3n) is 2.45. The summed E-state index contributed by atoms with van der Waals surface area (Å²) in [5.74, 6) is 0. The Bertz CT molecular complexity index is 481. The molecule has 1 amide bonds. The van der Waals surface area contributed by atoms with E-state index in [-0.39, 0.29) is 26.4 Å². The maximum Gasteiger partial charge on any atom is 0.408 e. The zero-order chi connectivity index (χ0) is 20.4. The number of alkyl halides is 3. The quantitative estimate of drug-likeness (QED) is 0.312. The lowest BCUT2D eigenvalue weighted by atomic mass is 10.8. The Morgan fingerprint density at radius 3 is 1.50 bits per heavy atom. The van der Waals surface area contributed by atoms with Crippen LogP contribution in [0.1, 0.15) is 27.7 Å². The van der Waals surface area contributed by atoms with E-state index >= 15 is 0 Å². The average molecular weight is 479 g/mol. The maximum atomic E-state index is 13.1. The van der Waals surface area contributed by atoms with Crippen LogP contribution in [0.4, 0.5) is 4.79 Å². The summed E-state index contributed by atoms with van der Waals surface area (Å²) >= 11 is 16.5. The molecule has 0 fully saturated rings. The summed E-state index contributed by atoms with van der Waals surface area (Å²) in [5, 5.41) is 2.15. The highest BCUT2D eigenvalue weighted by Gasteiger charge is 2.52. The summed E-state index contributed by atoms with van der Waals surface area (Å²) in [6.07, 6.45) is -1.17. The molecular formula is C12H24Cl3NO8P2.